The molecule has 0 aromatic heterocycles. The Morgan fingerprint density at radius 2 is 1.23 bits per heavy atom. The van der Waals surface area contributed by atoms with Crippen LogP contribution in [0.4, 0.5) is 0 Å². The average molecular weight is 2290 g/mol. The van der Waals surface area contributed by atoms with Crippen molar-refractivity contribution in [2.75, 3.05) is 13.5 Å². The fraction of sp³-hybridized carbons (Fsp3) is 0.318. The molecule has 2 rings (SSSR count). The number of benzene rings is 2. The van der Waals surface area contributed by atoms with Crippen LogP contribution in [-0.2, 0) is 75.6 Å². The third-order valence-corrected chi connectivity index (χ3v) is 4.54. The molecule has 1 unspecified atom stereocenters. The van der Waals surface area contributed by atoms with Crippen molar-refractivity contribution in [3.63, 3.8) is 0 Å². The molecule has 0 fully saturated rings. The van der Waals surface area contributed by atoms with Gasteiger partial charge in [-0.25, -0.2) is 6.16 Å². The predicted octanol–water partition coefficient (Wildman–Crippen LogP) is 8.69. The van der Waals surface area contributed by atoms with Crippen molar-refractivity contribution in [2.45, 2.75) is 35.1 Å². The predicted molar refractivity (Wildman–Crippen MR) is 175 cm³/mol. The zero-order valence-corrected chi connectivity index (χ0v) is 60.1. The van der Waals surface area contributed by atoms with Crippen molar-refractivity contribution >= 4 is 74.7 Å². The number of aromatic hydroxyl groups is 1. The molecule has 3 N–H and O–H groups in total. The van der Waals surface area contributed by atoms with Crippen LogP contribution in [0.5, 0.6) is 23.0 Å². The summed E-state index contributed by atoms with van der Waals surface area (Å²) in [6.07, 6.45) is 0.950. The maximum atomic E-state index is 11.4. The summed E-state index contributed by atoms with van der Waals surface area (Å²) in [5.41, 5.74) is 16.9. The number of nitrogens with zero attached hydrogens (tertiary/aromatic N) is 1. The number of ether oxygens (including phenoxy) is 3. The molecule has 245 valence electrons. The van der Waals surface area contributed by atoms with E-state index >= 15 is 0 Å². The van der Waals surface area contributed by atoms with Gasteiger partial charge in [0.25, 0.3) is 5.09 Å². The molecular formula is C22H32I3N3O8PRe3Rf3V-4. The number of halogens is 3. The Hall–Kier alpha value is -1.51. The third kappa shape index (κ3) is 29.2. The van der Waals surface area contributed by atoms with Gasteiger partial charge in [0.2, 0.25) is 0 Å². The number of nitrogens with one attached hydrogen (secondary N) is 2. The van der Waals surface area contributed by atoms with Gasteiger partial charge in [-0.3, -0.25) is 4.79 Å². The summed E-state index contributed by atoms with van der Waals surface area (Å²) in [6, 6.07) is 6.63. The minimum atomic E-state index is -0.982. The van der Waals surface area contributed by atoms with Crippen molar-refractivity contribution in [2.24, 2.45) is 0 Å². The molecule has 2 aromatic rings. The number of hydrogen-bond donors (Lipinski definition) is 1. The van der Waals surface area contributed by atoms with Crippen LogP contribution in [0.2, 0.25) is 0 Å². The van der Waals surface area contributed by atoms with E-state index in [4.69, 9.17) is 25.7 Å². The Labute approximate surface area is 323 Å². The van der Waals surface area contributed by atoms with E-state index in [1.807, 2.05) is 6.92 Å². The van der Waals surface area contributed by atoms with E-state index < -0.39 is 19.9 Å². The van der Waals surface area contributed by atoms with Gasteiger partial charge in [0, 0.05) is 61.3 Å². The first-order valence-electron chi connectivity index (χ1n) is 9.67. The van der Waals surface area contributed by atoms with Crippen LogP contribution in [0.3, 0.4) is 0 Å². The number of phenols is 1. The number of carbonyl (C=O) groups is 1. The molecule has 1 atom stereocenters. The van der Waals surface area contributed by atoms with Gasteiger partial charge in [-0.15, -0.1) is 10.1 Å². The molecule has 3 radical (unpaired) electrons. The summed E-state index contributed by atoms with van der Waals surface area (Å²) >= 11 is 7.39. The largest absolute Gasteiger partial charge is 0 e. The van der Waals surface area contributed by atoms with Gasteiger partial charge in [0.05, 0.1) is 0 Å². The van der Waals surface area contributed by atoms with E-state index in [1.165, 1.54) is 0 Å². The first-order valence-corrected chi connectivity index (χ1v) is 24.2. The normalized spacial score (nSPS) is 8.23. The van der Waals surface area contributed by atoms with Crippen molar-refractivity contribution < 1.29 is 100 Å². The van der Waals surface area contributed by atoms with Gasteiger partial charge in [0.15, 0.2) is 5.97 Å². The van der Waals surface area contributed by atoms with E-state index in [0.29, 0.717) is 22.8 Å². The number of aryl methyl sites for hydroxylation is 4. The molecule has 0 aliphatic carbocycles. The Morgan fingerprint density at radius 1 is 0.886 bits per heavy atom. The van der Waals surface area contributed by atoms with E-state index in [9.17, 15) is 20.0 Å². The first-order chi connectivity index (χ1) is 16.8. The fourth-order valence-corrected chi connectivity index (χ4v) is 2.66. The average Bonchev–Trinajstić information content (AvgIpc) is 2.75. The minimum absolute atomic E-state index is 0. The molecule has 2 aromatic carbocycles. The maximum Gasteiger partial charge on any atom is 0 e. The Morgan fingerprint density at radius 3 is 1.61 bits per heavy atom. The molecule has 0 bridgehead atoms. The maximum absolute atomic E-state index is 11.4. The molecule has 0 saturated carbocycles. The van der Waals surface area contributed by atoms with Crippen molar-refractivity contribution in [3.05, 3.63) is 81.7 Å². The quantitative estimate of drug-likeness (QED) is 0.0496. The molecule has 0 saturated heterocycles. The molecule has 44 heavy (non-hydrogen) atoms. The minimum Gasteiger partial charge on any atom is 0 e. The second-order valence-corrected chi connectivity index (χ2v) is 42.6. The number of hydrogen-bond acceptors (Lipinski definition) is 8. The molecule has 11 nitrogen and oxygen atoms in total. The van der Waals surface area contributed by atoms with Gasteiger partial charge >= 0.3 is 64.9 Å². The van der Waals surface area contributed by atoms with Gasteiger partial charge < -0.3 is 42.8 Å². The summed E-state index contributed by atoms with van der Waals surface area (Å²) < 4.78 is 19.2. The van der Waals surface area contributed by atoms with Crippen LogP contribution in [0.15, 0.2) is 24.3 Å². The van der Waals surface area contributed by atoms with Crippen molar-refractivity contribution in [1.29, 1.82) is 0 Å². The van der Waals surface area contributed by atoms with Crippen LogP contribution in [0, 0.1) is 51.4 Å². The van der Waals surface area contributed by atoms with Crippen molar-refractivity contribution in [3.8, 4) is 23.0 Å². The number of carbonyl (C=O) groups excluding carboxylic acids is 1. The molecule has 0 spiro atoms. The van der Waals surface area contributed by atoms with Gasteiger partial charge in [-0.2, -0.15) is 0 Å². The van der Waals surface area contributed by atoms with Crippen LogP contribution < -0.4 is 14.2 Å². The topological polar surface area (TPSA) is 165 Å². The monoisotopic (exact) mass is 2290 g/mol. The van der Waals surface area contributed by atoms with Gasteiger partial charge in [0.1, 0.15) is 23.0 Å². The zero-order chi connectivity index (χ0) is 27.8. The Kier molecular flexibility index (Phi) is 53.3. The van der Waals surface area contributed by atoms with Crippen LogP contribution in [-0.4, -0.2) is 29.6 Å². The van der Waals surface area contributed by atoms with E-state index in [2.05, 4.69) is 64.6 Å². The zero-order valence-electron chi connectivity index (χ0n) is 23.9. The SMILES string of the molecule is C.Cc1cc(OC(=O)[CH-]PO[N+](=O)[O-])c(C)cc1OC[NH-].Cc1cc(OC[NH-])c(C)cc1O.[CH3-].[I][V]([I])[I].[Re].[Re].[Re].[Rf].[Rf].[Rf]. The molecule has 0 heterocycles. The summed E-state index contributed by atoms with van der Waals surface area (Å²) in [5.74, 6) is 1.07. The molecule has 0 aliphatic heterocycles. The van der Waals surface area contributed by atoms with Crippen LogP contribution in [0.1, 0.15) is 29.7 Å². The van der Waals surface area contributed by atoms with E-state index in [0.717, 1.165) is 22.9 Å². The Bertz CT molecular complexity index is 1040. The fourth-order valence-electron chi connectivity index (χ4n) is 2.37. The van der Waals surface area contributed by atoms with Crippen LogP contribution in [0.25, 0.3) is 11.5 Å². The third-order valence-electron chi connectivity index (χ3n) is 3.94. The summed E-state index contributed by atoms with van der Waals surface area (Å²) in [6.45, 7) is 6.81. The van der Waals surface area contributed by atoms with E-state index in [1.54, 1.807) is 45.0 Å². The van der Waals surface area contributed by atoms with Crippen LogP contribution >= 0.6 is 68.7 Å². The van der Waals surface area contributed by atoms with Gasteiger partial charge in [-0.1, -0.05) is 16.2 Å². The van der Waals surface area contributed by atoms with Gasteiger partial charge in [-0.05, 0) is 87.7 Å². The summed E-state index contributed by atoms with van der Waals surface area (Å²) in [4.78, 5) is 21.1. The van der Waals surface area contributed by atoms with Crippen molar-refractivity contribution in [1.82, 2.24) is 0 Å². The second kappa shape index (κ2) is 36.0. The smallest absolute Gasteiger partial charge is 0 e. The number of phenolic OH excluding ortho intramolecular Hbond substituents is 1. The molecule has 0 aliphatic rings. The second-order valence-electron chi connectivity index (χ2n) is 6.55. The Balaban J connectivity index is -0.0000000642. The molecule has 0 amide bonds. The summed E-state index contributed by atoms with van der Waals surface area (Å²) in [7, 11) is -0.712. The molecule has 22 heteroatoms. The summed E-state index contributed by atoms with van der Waals surface area (Å²) in [5, 5.41) is 18.2. The molecular weight excluding hydrogens is 2260 g/mol. The first kappa shape index (κ1) is 65.2. The standard InChI is InChI=1S/C11H13N2O6P.C9H12NO2.CH4.CH3.3HI.3Re.3Rf.V/c1-7-4-10(8(2)3-9(7)17-6-12)18-11(14)5-20-19-13(15)16;1-6-4-9(12-5-10)7(2)3-8(6)11;;;;;;;;;;;;/h3-5,12,20H,6H2,1-2H3;3-4,10-11H,5H2,1-2H3;1H4;1H3;3*1H;;;;;;;/q-2;-1;;-1;;;;;;;;;;+3/p-3. The number of rotatable bonds is 9. The van der Waals surface area contributed by atoms with E-state index in [-0.39, 0.29) is 100 Å². The number of esters is 1.